The molecule has 0 saturated heterocycles. The Hall–Kier alpha value is -2.06. The average molecular weight is 296 g/mol. The van der Waals surface area contributed by atoms with Gasteiger partial charge in [-0.1, -0.05) is 65.2 Å². The van der Waals surface area contributed by atoms with Crippen molar-refractivity contribution in [3.8, 4) is 22.6 Å². The van der Waals surface area contributed by atoms with Crippen LogP contribution in [0.25, 0.3) is 11.1 Å². The molecule has 0 saturated carbocycles. The van der Waals surface area contributed by atoms with Gasteiger partial charge in [-0.15, -0.1) is 0 Å². The Balaban J connectivity index is 1.87. The molecule has 0 spiro atoms. The van der Waals surface area contributed by atoms with E-state index in [-0.39, 0.29) is 0 Å². The molecule has 0 atom stereocenters. The lowest BCUT2D eigenvalue weighted by Gasteiger charge is -2.22. The van der Waals surface area contributed by atoms with Gasteiger partial charge in [0.2, 0.25) is 0 Å². The number of hydrogen-bond donors (Lipinski definition) is 0. The number of ether oxygens (including phenoxy) is 1. The maximum Gasteiger partial charge on any atom is 0.149 e. The highest BCUT2D eigenvalue weighted by molar-refractivity contribution is 7.99. The minimum atomic E-state index is 0.650. The maximum atomic E-state index is 6.14. The highest BCUT2D eigenvalue weighted by Gasteiger charge is 2.20. The van der Waals surface area contributed by atoms with E-state index in [2.05, 4.69) is 12.1 Å². The zero-order valence-electron chi connectivity index (χ0n) is 11.7. The Morgan fingerprint density at radius 1 is 0.773 bits per heavy atom. The van der Waals surface area contributed by atoms with E-state index < -0.39 is 0 Å². The molecule has 100 valence electrons. The molecule has 0 N–H and O–H groups in total. The van der Waals surface area contributed by atoms with Crippen LogP contribution < -0.4 is 15.7 Å². The molecule has 1 aliphatic rings. The fourth-order valence-electron chi connectivity index (χ4n) is 2.61. The van der Waals surface area contributed by atoms with Crippen LogP contribution in [0.2, 0.25) is 0 Å². The molecule has 0 bridgehead atoms. The summed E-state index contributed by atoms with van der Waals surface area (Å²) in [4.78, 5) is 2.22. The van der Waals surface area contributed by atoms with E-state index in [4.69, 9.17) is 20.4 Å². The Labute approximate surface area is 136 Å². The van der Waals surface area contributed by atoms with Gasteiger partial charge in [-0.25, -0.2) is 0 Å². The lowest BCUT2D eigenvalue weighted by atomic mass is 9.84. The van der Waals surface area contributed by atoms with Crippen LogP contribution in [0, 0.1) is 0 Å². The summed E-state index contributed by atoms with van der Waals surface area (Å²) < 4.78 is 6.14. The highest BCUT2D eigenvalue weighted by Crippen LogP contribution is 2.50. The second kappa shape index (κ2) is 5.29. The van der Waals surface area contributed by atoms with Crippen LogP contribution in [0.4, 0.5) is 0 Å². The maximum absolute atomic E-state index is 6.14. The summed E-state index contributed by atoms with van der Waals surface area (Å²) in [6, 6.07) is 19.7. The second-order valence-corrected chi connectivity index (χ2v) is 6.26. The van der Waals surface area contributed by atoms with Crippen LogP contribution in [-0.2, 0) is 0 Å². The van der Waals surface area contributed by atoms with Crippen molar-refractivity contribution in [2.24, 2.45) is 0 Å². The second-order valence-electron chi connectivity index (χ2n) is 5.17. The van der Waals surface area contributed by atoms with Crippen molar-refractivity contribution in [3.63, 3.8) is 0 Å². The Morgan fingerprint density at radius 2 is 1.50 bits per heavy atom. The normalized spacial score (nSPS) is 12.2. The lowest BCUT2D eigenvalue weighted by Crippen LogP contribution is -2.13. The first-order chi connectivity index (χ1) is 10.7. The van der Waals surface area contributed by atoms with Crippen molar-refractivity contribution in [1.29, 1.82) is 0 Å². The van der Waals surface area contributed by atoms with E-state index in [9.17, 15) is 0 Å². The summed E-state index contributed by atoms with van der Waals surface area (Å²) in [5, 5.41) is 0. The molecule has 3 aromatic rings. The molecule has 1 aliphatic heterocycles. The van der Waals surface area contributed by atoms with Gasteiger partial charge in [0.25, 0.3) is 0 Å². The highest BCUT2D eigenvalue weighted by atomic mass is 32.2. The van der Waals surface area contributed by atoms with E-state index >= 15 is 0 Å². The molecule has 3 aromatic carbocycles. The van der Waals surface area contributed by atoms with Gasteiger partial charge in [0.1, 0.15) is 27.2 Å². The van der Waals surface area contributed by atoms with Crippen molar-refractivity contribution >= 4 is 38.4 Å². The van der Waals surface area contributed by atoms with E-state index in [0.29, 0.717) is 10.9 Å². The van der Waals surface area contributed by atoms with E-state index in [1.807, 2.05) is 42.5 Å². The van der Waals surface area contributed by atoms with Crippen LogP contribution >= 0.6 is 11.8 Å². The molecule has 1 heterocycles. The Bertz CT molecular complexity index is 856. The number of hydrogen-bond acceptors (Lipinski definition) is 2. The number of fused-ring (bicyclic) bond motifs is 2. The fourth-order valence-corrected chi connectivity index (χ4v) is 3.59. The molecule has 0 amide bonds. The molecule has 0 fully saturated rings. The van der Waals surface area contributed by atoms with Gasteiger partial charge in [0.05, 0.1) is 9.79 Å². The molecule has 0 aromatic heterocycles. The molecular weight excluding hydrogens is 286 g/mol. The number of para-hydroxylation sites is 2. The molecule has 0 unspecified atom stereocenters. The standard InChI is InChI=1S/C18H10B2OS/c19-12-8-11(9-13(20)10-12)14-4-3-7-17-18(14)21-15-5-1-2-6-16(15)22-17/h1-10H. The van der Waals surface area contributed by atoms with Gasteiger partial charge < -0.3 is 4.74 Å². The monoisotopic (exact) mass is 296 g/mol. The van der Waals surface area contributed by atoms with Crippen molar-refractivity contribution in [1.82, 2.24) is 0 Å². The van der Waals surface area contributed by atoms with E-state index in [1.165, 1.54) is 0 Å². The fraction of sp³-hybridized carbons (Fsp3) is 0. The zero-order chi connectivity index (χ0) is 15.1. The molecule has 4 rings (SSSR count). The van der Waals surface area contributed by atoms with Gasteiger partial charge in [-0.2, -0.15) is 0 Å². The van der Waals surface area contributed by atoms with Crippen LogP contribution in [0.5, 0.6) is 11.5 Å². The minimum absolute atomic E-state index is 0.650. The molecule has 4 heteroatoms. The largest absolute Gasteiger partial charge is 0.454 e. The van der Waals surface area contributed by atoms with Crippen LogP contribution in [0.3, 0.4) is 0 Å². The summed E-state index contributed by atoms with van der Waals surface area (Å²) in [5.41, 5.74) is 3.26. The summed E-state index contributed by atoms with van der Waals surface area (Å²) in [6.45, 7) is 0. The van der Waals surface area contributed by atoms with E-state index in [0.717, 1.165) is 32.4 Å². The Morgan fingerprint density at radius 3 is 2.32 bits per heavy atom. The minimum Gasteiger partial charge on any atom is -0.454 e. The third-order valence-corrected chi connectivity index (χ3v) is 4.65. The lowest BCUT2D eigenvalue weighted by molar-refractivity contribution is 0.456. The number of rotatable bonds is 1. The third kappa shape index (κ3) is 2.34. The average Bonchev–Trinajstić information content (AvgIpc) is 2.51. The summed E-state index contributed by atoms with van der Waals surface area (Å²) >= 11 is 1.71. The predicted molar refractivity (Wildman–Crippen MR) is 93.3 cm³/mol. The summed E-state index contributed by atoms with van der Waals surface area (Å²) in [5.74, 6) is 1.74. The summed E-state index contributed by atoms with van der Waals surface area (Å²) in [7, 11) is 11.8. The van der Waals surface area contributed by atoms with Crippen LogP contribution in [0.15, 0.2) is 70.5 Å². The number of benzene rings is 3. The topological polar surface area (TPSA) is 9.23 Å². The first-order valence-electron chi connectivity index (χ1n) is 6.95. The van der Waals surface area contributed by atoms with Gasteiger partial charge in [0.15, 0.2) is 0 Å². The first-order valence-corrected chi connectivity index (χ1v) is 7.76. The molecular formula is C18H10B2OS. The van der Waals surface area contributed by atoms with Crippen LogP contribution in [0.1, 0.15) is 0 Å². The smallest absolute Gasteiger partial charge is 0.149 e. The zero-order valence-corrected chi connectivity index (χ0v) is 12.6. The van der Waals surface area contributed by atoms with Crippen molar-refractivity contribution in [3.05, 3.63) is 60.7 Å². The van der Waals surface area contributed by atoms with Crippen molar-refractivity contribution in [2.45, 2.75) is 9.79 Å². The molecule has 22 heavy (non-hydrogen) atoms. The van der Waals surface area contributed by atoms with E-state index in [1.54, 1.807) is 17.8 Å². The van der Waals surface area contributed by atoms with Gasteiger partial charge in [0, 0.05) is 5.56 Å². The predicted octanol–water partition coefficient (Wildman–Crippen LogP) is 3.20. The first kappa shape index (κ1) is 13.6. The van der Waals surface area contributed by atoms with Crippen molar-refractivity contribution < 1.29 is 4.74 Å². The molecule has 4 radical (unpaired) electrons. The van der Waals surface area contributed by atoms with Crippen LogP contribution in [-0.4, -0.2) is 15.7 Å². The molecule has 0 aliphatic carbocycles. The SMILES string of the molecule is [B]c1cc([B])cc(-c2cccc3c2Oc2ccccc2S3)c1. The van der Waals surface area contributed by atoms with Gasteiger partial charge in [-0.3, -0.25) is 0 Å². The van der Waals surface area contributed by atoms with Gasteiger partial charge in [-0.05, 0) is 23.8 Å². The quantitative estimate of drug-likeness (QED) is 0.499. The Kier molecular flexibility index (Phi) is 3.27. The summed E-state index contributed by atoms with van der Waals surface area (Å²) in [6.07, 6.45) is 0. The van der Waals surface area contributed by atoms with Gasteiger partial charge >= 0.3 is 0 Å². The molecule has 1 nitrogen and oxygen atoms in total. The third-order valence-electron chi connectivity index (χ3n) is 3.55. The van der Waals surface area contributed by atoms with Crippen molar-refractivity contribution in [2.75, 3.05) is 0 Å².